The van der Waals surface area contributed by atoms with Crippen molar-refractivity contribution in [3.63, 3.8) is 0 Å². The fourth-order valence-electron chi connectivity index (χ4n) is 2.91. The van der Waals surface area contributed by atoms with Crippen LogP contribution in [0, 0.1) is 0 Å². The maximum Gasteiger partial charge on any atom is 0.278 e. The Morgan fingerprint density at radius 1 is 1.24 bits per heavy atom. The SMILES string of the molecule is C[C@H](C(=O)NCc1cccs1)[NH+]1CCN(S(=O)(=O)c2cccs2)CC1. The largest absolute Gasteiger partial charge is 0.346 e. The third kappa shape index (κ3) is 4.29. The molecule has 0 radical (unpaired) electrons. The Hall–Kier alpha value is -1.26. The molecule has 1 fully saturated rings. The molecular weight excluding hydrogens is 378 g/mol. The molecule has 1 atom stereocenters. The quantitative estimate of drug-likeness (QED) is 0.738. The molecule has 2 aromatic rings. The van der Waals surface area contributed by atoms with Crippen LogP contribution in [0.1, 0.15) is 11.8 Å². The summed E-state index contributed by atoms with van der Waals surface area (Å²) in [5.74, 6) is 0.0120. The molecule has 0 bridgehead atoms. The smallest absolute Gasteiger partial charge is 0.278 e. The lowest BCUT2D eigenvalue weighted by Gasteiger charge is -2.33. The van der Waals surface area contributed by atoms with Gasteiger partial charge < -0.3 is 10.2 Å². The molecule has 1 saturated heterocycles. The minimum Gasteiger partial charge on any atom is -0.346 e. The molecule has 3 rings (SSSR count). The van der Waals surface area contributed by atoms with Gasteiger partial charge in [-0.15, -0.1) is 22.7 Å². The standard InChI is InChI=1S/C16H21N3O3S3/c1-13(16(20)17-12-14-4-2-10-23-14)18-6-8-19(9-7-18)25(21,22)15-5-3-11-24-15/h2-5,10-11,13H,6-9,12H2,1H3,(H,17,20)/p+1/t13-/m1/s1. The number of nitrogens with one attached hydrogen (secondary N) is 2. The average molecular weight is 401 g/mol. The van der Waals surface area contributed by atoms with Gasteiger partial charge in [-0.3, -0.25) is 4.79 Å². The van der Waals surface area contributed by atoms with Gasteiger partial charge in [0.2, 0.25) is 0 Å². The van der Waals surface area contributed by atoms with E-state index in [9.17, 15) is 13.2 Å². The first-order valence-corrected chi connectivity index (χ1v) is 11.4. The molecule has 2 aromatic heterocycles. The Bertz CT molecular complexity index is 780. The van der Waals surface area contributed by atoms with Crippen molar-refractivity contribution in [1.29, 1.82) is 0 Å². The number of hydrogen-bond donors (Lipinski definition) is 2. The Kier molecular flexibility index (Phi) is 5.90. The Labute approximate surface area is 156 Å². The lowest BCUT2D eigenvalue weighted by Crippen LogP contribution is -3.19. The summed E-state index contributed by atoms with van der Waals surface area (Å²) >= 11 is 2.86. The summed E-state index contributed by atoms with van der Waals surface area (Å²) in [6.45, 7) is 4.61. The van der Waals surface area contributed by atoms with Gasteiger partial charge in [-0.25, -0.2) is 8.42 Å². The van der Waals surface area contributed by atoms with Crippen LogP contribution in [0.15, 0.2) is 39.2 Å². The fraction of sp³-hybridized carbons (Fsp3) is 0.438. The molecule has 9 heteroatoms. The number of amides is 1. The maximum atomic E-state index is 12.5. The number of carbonyl (C=O) groups is 1. The van der Waals surface area contributed by atoms with Crippen LogP contribution in [0.25, 0.3) is 0 Å². The molecule has 0 spiro atoms. The van der Waals surface area contributed by atoms with E-state index in [0.29, 0.717) is 36.9 Å². The molecule has 0 aliphatic carbocycles. The summed E-state index contributed by atoms with van der Waals surface area (Å²) < 4.78 is 27.0. The Morgan fingerprint density at radius 3 is 2.52 bits per heavy atom. The number of piperazine rings is 1. The van der Waals surface area contributed by atoms with Gasteiger partial charge in [0.05, 0.1) is 32.7 Å². The third-order valence-corrected chi connectivity index (χ3v) is 8.62. The van der Waals surface area contributed by atoms with Crippen molar-refractivity contribution in [2.75, 3.05) is 26.2 Å². The number of thiophene rings is 2. The van der Waals surface area contributed by atoms with Gasteiger partial charge in [-0.2, -0.15) is 4.31 Å². The van der Waals surface area contributed by atoms with Crippen molar-refractivity contribution >= 4 is 38.6 Å². The molecule has 0 saturated carbocycles. The van der Waals surface area contributed by atoms with E-state index < -0.39 is 10.0 Å². The van der Waals surface area contributed by atoms with Crippen LogP contribution in [0.4, 0.5) is 0 Å². The first kappa shape index (κ1) is 18.5. The molecule has 1 amide bonds. The van der Waals surface area contributed by atoms with E-state index in [2.05, 4.69) is 5.32 Å². The molecule has 136 valence electrons. The fourth-order valence-corrected chi connectivity index (χ4v) is 6.14. The normalized spacial score (nSPS) is 18.1. The van der Waals surface area contributed by atoms with Crippen molar-refractivity contribution < 1.29 is 18.1 Å². The van der Waals surface area contributed by atoms with Crippen LogP contribution in [0.3, 0.4) is 0 Å². The number of quaternary nitrogens is 1. The van der Waals surface area contributed by atoms with Crippen LogP contribution in [0.2, 0.25) is 0 Å². The van der Waals surface area contributed by atoms with Gasteiger partial charge in [0.15, 0.2) is 6.04 Å². The first-order chi connectivity index (χ1) is 12.0. The van der Waals surface area contributed by atoms with Crippen LogP contribution >= 0.6 is 22.7 Å². The Morgan fingerprint density at radius 2 is 1.92 bits per heavy atom. The van der Waals surface area contributed by atoms with Gasteiger partial charge in [0, 0.05) is 4.88 Å². The molecule has 2 N–H and O–H groups in total. The molecule has 6 nitrogen and oxygen atoms in total. The van der Waals surface area contributed by atoms with Crippen LogP contribution in [0.5, 0.6) is 0 Å². The van der Waals surface area contributed by atoms with Gasteiger partial charge in [-0.1, -0.05) is 12.1 Å². The highest BCUT2D eigenvalue weighted by atomic mass is 32.2. The van der Waals surface area contributed by atoms with Crippen molar-refractivity contribution in [1.82, 2.24) is 9.62 Å². The summed E-state index contributed by atoms with van der Waals surface area (Å²) in [4.78, 5) is 14.6. The highest BCUT2D eigenvalue weighted by Crippen LogP contribution is 2.20. The first-order valence-electron chi connectivity index (χ1n) is 8.17. The van der Waals surface area contributed by atoms with E-state index in [1.807, 2.05) is 24.4 Å². The molecule has 1 aliphatic heterocycles. The number of rotatable bonds is 6. The second-order valence-electron chi connectivity index (χ2n) is 6.01. The van der Waals surface area contributed by atoms with E-state index in [1.54, 1.807) is 28.8 Å². The minimum absolute atomic E-state index is 0.0120. The number of nitrogens with zero attached hydrogens (tertiary/aromatic N) is 1. The van der Waals surface area contributed by atoms with E-state index in [1.165, 1.54) is 15.6 Å². The van der Waals surface area contributed by atoms with Crippen LogP contribution < -0.4 is 10.2 Å². The van der Waals surface area contributed by atoms with Crippen LogP contribution in [-0.2, 0) is 21.4 Å². The summed E-state index contributed by atoms with van der Waals surface area (Å²) in [5.41, 5.74) is 0. The molecule has 0 unspecified atom stereocenters. The number of carbonyl (C=O) groups excluding carboxylic acids is 1. The zero-order valence-corrected chi connectivity index (χ0v) is 16.4. The monoisotopic (exact) mass is 400 g/mol. The van der Waals surface area contributed by atoms with E-state index in [0.717, 1.165) is 9.78 Å². The van der Waals surface area contributed by atoms with Gasteiger partial charge in [0.25, 0.3) is 15.9 Å². The topological polar surface area (TPSA) is 70.9 Å². The minimum atomic E-state index is -3.39. The zero-order valence-electron chi connectivity index (χ0n) is 14.0. The van der Waals surface area contributed by atoms with Crippen molar-refractivity contribution in [3.8, 4) is 0 Å². The maximum absolute atomic E-state index is 12.5. The molecule has 1 aliphatic rings. The van der Waals surface area contributed by atoms with Crippen molar-refractivity contribution in [2.45, 2.75) is 23.7 Å². The van der Waals surface area contributed by atoms with E-state index in [-0.39, 0.29) is 11.9 Å². The predicted molar refractivity (Wildman–Crippen MR) is 99.4 cm³/mol. The van der Waals surface area contributed by atoms with Crippen molar-refractivity contribution in [2.24, 2.45) is 0 Å². The molecule has 25 heavy (non-hydrogen) atoms. The second-order valence-corrected chi connectivity index (χ2v) is 10.2. The van der Waals surface area contributed by atoms with Gasteiger partial charge >= 0.3 is 0 Å². The highest BCUT2D eigenvalue weighted by Gasteiger charge is 2.34. The number of hydrogen-bond acceptors (Lipinski definition) is 5. The summed E-state index contributed by atoms with van der Waals surface area (Å²) in [6, 6.07) is 7.16. The summed E-state index contributed by atoms with van der Waals surface area (Å²) in [5, 5.41) is 6.73. The molecule has 0 aromatic carbocycles. The highest BCUT2D eigenvalue weighted by molar-refractivity contribution is 7.91. The second kappa shape index (κ2) is 7.96. The van der Waals surface area contributed by atoms with Gasteiger partial charge in [0.1, 0.15) is 4.21 Å². The average Bonchev–Trinajstić information content (AvgIpc) is 3.32. The summed E-state index contributed by atoms with van der Waals surface area (Å²) in [7, 11) is -3.39. The van der Waals surface area contributed by atoms with Crippen molar-refractivity contribution in [3.05, 3.63) is 39.9 Å². The number of sulfonamides is 1. The molecular formula is C16H22N3O3S3+. The summed E-state index contributed by atoms with van der Waals surface area (Å²) in [6.07, 6.45) is 0. The van der Waals surface area contributed by atoms with E-state index in [4.69, 9.17) is 0 Å². The molecule has 3 heterocycles. The van der Waals surface area contributed by atoms with Crippen LogP contribution in [-0.4, -0.2) is 50.9 Å². The lowest BCUT2D eigenvalue weighted by atomic mass is 10.2. The van der Waals surface area contributed by atoms with E-state index >= 15 is 0 Å². The Balaban J connectivity index is 1.52. The third-order valence-electron chi connectivity index (χ3n) is 4.48. The zero-order chi connectivity index (χ0) is 17.9. The lowest BCUT2D eigenvalue weighted by molar-refractivity contribution is -0.917. The predicted octanol–water partition coefficient (Wildman–Crippen LogP) is 0.404. The van der Waals surface area contributed by atoms with Gasteiger partial charge in [-0.05, 0) is 29.8 Å².